The number of carbonyl (C=O) groups excluding carboxylic acids is 1. The maximum absolute atomic E-state index is 13.4. The number of thiophene rings is 1. The van der Waals surface area contributed by atoms with E-state index in [0.29, 0.717) is 38.8 Å². The van der Waals surface area contributed by atoms with Crippen molar-refractivity contribution in [2.75, 3.05) is 12.1 Å². The molecule has 0 bridgehead atoms. The van der Waals surface area contributed by atoms with Gasteiger partial charge < -0.3 is 14.8 Å². The van der Waals surface area contributed by atoms with Crippen LogP contribution >= 0.6 is 22.9 Å². The van der Waals surface area contributed by atoms with E-state index in [2.05, 4.69) is 30.3 Å². The molecule has 32 heavy (non-hydrogen) atoms. The van der Waals surface area contributed by atoms with Gasteiger partial charge in [-0.25, -0.2) is 9.67 Å². The first-order chi connectivity index (χ1) is 15.3. The van der Waals surface area contributed by atoms with Crippen LogP contribution in [0.5, 0.6) is 11.5 Å². The van der Waals surface area contributed by atoms with E-state index in [9.17, 15) is 4.79 Å². The Morgan fingerprint density at radius 3 is 2.62 bits per heavy atom. The second-order valence-electron chi connectivity index (χ2n) is 7.94. The quantitative estimate of drug-likeness (QED) is 0.398. The maximum Gasteiger partial charge on any atom is 0.256 e. The van der Waals surface area contributed by atoms with Crippen molar-refractivity contribution in [2.45, 2.75) is 33.7 Å². The van der Waals surface area contributed by atoms with Crippen LogP contribution in [0.15, 0.2) is 30.5 Å². The summed E-state index contributed by atoms with van der Waals surface area (Å²) in [6, 6.07) is 7.33. The topological polar surface area (TPSA) is 78.3 Å². The van der Waals surface area contributed by atoms with Crippen molar-refractivity contribution in [1.29, 1.82) is 0 Å². The van der Waals surface area contributed by atoms with Gasteiger partial charge >= 0.3 is 0 Å². The second-order valence-corrected chi connectivity index (χ2v) is 9.81. The van der Waals surface area contributed by atoms with Gasteiger partial charge in [-0.05, 0) is 39.8 Å². The molecular formula is C23H21ClN4O3S. The van der Waals surface area contributed by atoms with Crippen molar-refractivity contribution in [3.8, 4) is 22.8 Å². The molecule has 0 saturated heterocycles. The molecule has 0 atom stereocenters. The summed E-state index contributed by atoms with van der Waals surface area (Å²) in [5.74, 6) is 0.803. The van der Waals surface area contributed by atoms with Crippen molar-refractivity contribution in [1.82, 2.24) is 14.8 Å². The van der Waals surface area contributed by atoms with E-state index in [1.54, 1.807) is 29.7 Å². The van der Waals surface area contributed by atoms with Gasteiger partial charge in [0.2, 0.25) is 6.79 Å². The third-order valence-electron chi connectivity index (χ3n) is 5.33. The zero-order valence-electron chi connectivity index (χ0n) is 18.0. The van der Waals surface area contributed by atoms with Gasteiger partial charge in [0.05, 0.1) is 33.6 Å². The van der Waals surface area contributed by atoms with E-state index < -0.39 is 0 Å². The Hall–Kier alpha value is -3.10. The zero-order valence-corrected chi connectivity index (χ0v) is 19.6. The smallest absolute Gasteiger partial charge is 0.256 e. The molecule has 0 unspecified atom stereocenters. The third kappa shape index (κ3) is 3.49. The molecular weight excluding hydrogens is 448 g/mol. The molecule has 1 amide bonds. The van der Waals surface area contributed by atoms with Crippen LogP contribution in [0.1, 0.15) is 40.0 Å². The van der Waals surface area contributed by atoms with Gasteiger partial charge in [0.25, 0.3) is 5.91 Å². The van der Waals surface area contributed by atoms with Crippen molar-refractivity contribution >= 4 is 45.6 Å². The number of amides is 1. The Morgan fingerprint density at radius 1 is 1.19 bits per heavy atom. The molecule has 1 aliphatic rings. The third-order valence-corrected chi connectivity index (χ3v) is 6.61. The molecule has 0 spiro atoms. The van der Waals surface area contributed by atoms with E-state index in [4.69, 9.17) is 26.1 Å². The fourth-order valence-corrected chi connectivity index (χ4v) is 4.94. The molecule has 5 rings (SSSR count). The molecule has 0 aliphatic carbocycles. The van der Waals surface area contributed by atoms with Gasteiger partial charge in [0.1, 0.15) is 0 Å². The van der Waals surface area contributed by atoms with Crippen molar-refractivity contribution in [2.24, 2.45) is 0 Å². The molecule has 164 valence electrons. The van der Waals surface area contributed by atoms with Gasteiger partial charge in [-0.15, -0.1) is 11.3 Å². The highest BCUT2D eigenvalue weighted by atomic mass is 35.5. The predicted octanol–water partition coefficient (Wildman–Crippen LogP) is 5.99. The molecule has 1 N–H and O–H groups in total. The molecule has 1 aliphatic heterocycles. The van der Waals surface area contributed by atoms with Crippen LogP contribution in [0.4, 0.5) is 5.69 Å². The summed E-state index contributed by atoms with van der Waals surface area (Å²) in [6.45, 7) is 8.32. The number of nitrogens with one attached hydrogen (secondary N) is 1. The number of aryl methyl sites for hydroxylation is 2. The number of fused-ring (bicyclic) bond motifs is 2. The molecule has 4 heterocycles. The minimum atomic E-state index is -0.299. The number of hydrogen-bond acceptors (Lipinski definition) is 6. The number of benzene rings is 1. The Bertz CT molecular complexity index is 1380. The SMILES string of the molecule is Cc1cc(-c2cc(C(=O)Nc3cc4c(cc3Cl)OCO4)c3cnn(C(C)C)c3n2)c(C)s1. The van der Waals surface area contributed by atoms with Crippen LogP contribution in [0.25, 0.3) is 22.3 Å². The highest BCUT2D eigenvalue weighted by Gasteiger charge is 2.22. The molecule has 0 fully saturated rings. The van der Waals surface area contributed by atoms with Crippen molar-refractivity contribution < 1.29 is 14.3 Å². The first-order valence-electron chi connectivity index (χ1n) is 10.2. The predicted molar refractivity (Wildman–Crippen MR) is 126 cm³/mol. The van der Waals surface area contributed by atoms with E-state index >= 15 is 0 Å². The summed E-state index contributed by atoms with van der Waals surface area (Å²) >= 11 is 8.08. The summed E-state index contributed by atoms with van der Waals surface area (Å²) in [5.41, 5.74) is 3.35. The Morgan fingerprint density at radius 2 is 1.94 bits per heavy atom. The normalized spacial score (nSPS) is 12.7. The number of ether oxygens (including phenoxy) is 2. The number of nitrogens with zero attached hydrogens (tertiary/aromatic N) is 3. The van der Waals surface area contributed by atoms with Gasteiger partial charge in [0, 0.05) is 33.5 Å². The van der Waals surface area contributed by atoms with Crippen LogP contribution in [0, 0.1) is 13.8 Å². The summed E-state index contributed by atoms with van der Waals surface area (Å²) in [5, 5.41) is 8.46. The minimum absolute atomic E-state index is 0.0970. The summed E-state index contributed by atoms with van der Waals surface area (Å²) in [4.78, 5) is 20.6. The molecule has 4 aromatic rings. The van der Waals surface area contributed by atoms with E-state index in [0.717, 1.165) is 16.1 Å². The van der Waals surface area contributed by atoms with Crippen LogP contribution in [0.2, 0.25) is 5.02 Å². The first-order valence-corrected chi connectivity index (χ1v) is 11.4. The number of anilines is 1. The number of carbonyl (C=O) groups is 1. The Kier molecular flexibility index (Phi) is 5.06. The number of hydrogen-bond donors (Lipinski definition) is 1. The number of aromatic nitrogens is 3. The maximum atomic E-state index is 13.4. The average Bonchev–Trinajstić information content (AvgIpc) is 3.45. The standard InChI is InChI=1S/C23H21ClN4O3S/c1-11(2)28-22-16(9-25-28)15(6-18(26-22)14-5-12(3)32-13(14)4)23(29)27-19-8-21-20(7-17(19)24)30-10-31-21/h5-9,11H,10H2,1-4H3,(H,27,29). The summed E-state index contributed by atoms with van der Waals surface area (Å²) in [6.07, 6.45) is 1.69. The van der Waals surface area contributed by atoms with Crippen LogP contribution in [-0.2, 0) is 0 Å². The number of rotatable bonds is 4. The minimum Gasteiger partial charge on any atom is -0.454 e. The first kappa shape index (κ1) is 20.8. The summed E-state index contributed by atoms with van der Waals surface area (Å²) in [7, 11) is 0. The number of halogens is 1. The van der Waals surface area contributed by atoms with Gasteiger partial charge in [-0.1, -0.05) is 11.6 Å². The van der Waals surface area contributed by atoms with Crippen LogP contribution < -0.4 is 14.8 Å². The van der Waals surface area contributed by atoms with Crippen molar-refractivity contribution in [3.05, 3.63) is 50.8 Å². The lowest BCUT2D eigenvalue weighted by Crippen LogP contribution is -2.14. The number of pyridine rings is 1. The van der Waals surface area contributed by atoms with E-state index in [1.807, 2.05) is 24.6 Å². The highest BCUT2D eigenvalue weighted by molar-refractivity contribution is 7.12. The monoisotopic (exact) mass is 468 g/mol. The van der Waals surface area contributed by atoms with Gasteiger partial charge in [0.15, 0.2) is 17.1 Å². The van der Waals surface area contributed by atoms with Crippen LogP contribution in [-0.4, -0.2) is 27.5 Å². The molecule has 0 saturated carbocycles. The lowest BCUT2D eigenvalue weighted by molar-refractivity contribution is 0.102. The molecule has 9 heteroatoms. The molecule has 7 nitrogen and oxygen atoms in total. The second kappa shape index (κ2) is 7.79. The van der Waals surface area contributed by atoms with E-state index in [-0.39, 0.29) is 18.7 Å². The highest BCUT2D eigenvalue weighted by Crippen LogP contribution is 2.40. The summed E-state index contributed by atoms with van der Waals surface area (Å²) < 4.78 is 12.6. The molecule has 1 aromatic carbocycles. The average molecular weight is 469 g/mol. The molecule has 0 radical (unpaired) electrons. The fourth-order valence-electron chi connectivity index (χ4n) is 3.81. The lowest BCUT2D eigenvalue weighted by Gasteiger charge is -2.12. The molecule has 3 aromatic heterocycles. The fraction of sp³-hybridized carbons (Fsp3) is 0.261. The largest absolute Gasteiger partial charge is 0.454 e. The Balaban J connectivity index is 1.62. The van der Waals surface area contributed by atoms with E-state index in [1.165, 1.54) is 4.88 Å². The van der Waals surface area contributed by atoms with Gasteiger partial charge in [-0.3, -0.25) is 4.79 Å². The van der Waals surface area contributed by atoms with Crippen molar-refractivity contribution in [3.63, 3.8) is 0 Å². The van der Waals surface area contributed by atoms with Crippen LogP contribution in [0.3, 0.4) is 0 Å². The Labute approximate surface area is 193 Å². The van der Waals surface area contributed by atoms with Gasteiger partial charge in [-0.2, -0.15) is 5.10 Å². The zero-order chi connectivity index (χ0) is 22.6. The lowest BCUT2D eigenvalue weighted by atomic mass is 10.1.